The number of amides is 4. The molecule has 0 aliphatic rings. The first-order valence-corrected chi connectivity index (χ1v) is 13.4. The van der Waals surface area contributed by atoms with Crippen molar-refractivity contribution >= 4 is 35.7 Å². The number of hydrogen-bond acceptors (Lipinski definition) is 6. The monoisotopic (exact) mass is 583 g/mol. The van der Waals surface area contributed by atoms with E-state index in [0.29, 0.717) is 22.7 Å². The molecule has 40 heavy (non-hydrogen) atoms. The maximum absolute atomic E-state index is 13.4. The molecule has 0 spiro atoms. The van der Waals surface area contributed by atoms with E-state index in [0.717, 1.165) is 30.5 Å². The molecule has 0 aromatic heterocycles. The van der Waals surface area contributed by atoms with Crippen LogP contribution in [0.4, 0.5) is 28.4 Å². The fourth-order valence-corrected chi connectivity index (χ4v) is 4.08. The minimum Gasteiger partial charge on any atom is -0.462 e. The molecule has 0 saturated heterocycles. The van der Waals surface area contributed by atoms with E-state index in [1.165, 1.54) is 19.1 Å². The number of carbonyl (C=O) groups excluding carboxylic acids is 3. The Kier molecular flexibility index (Phi) is 11.1. The van der Waals surface area contributed by atoms with E-state index in [1.807, 2.05) is 6.92 Å². The zero-order valence-electron chi connectivity index (χ0n) is 23.1. The van der Waals surface area contributed by atoms with Crippen LogP contribution in [0.2, 0.25) is 0 Å². The largest absolute Gasteiger partial charge is 0.462 e. The Morgan fingerprint density at radius 3 is 2.23 bits per heavy atom. The maximum atomic E-state index is 13.4. The van der Waals surface area contributed by atoms with Gasteiger partial charge in [-0.3, -0.25) is 9.52 Å². The maximum Gasteiger partial charge on any atom is 0.416 e. The highest BCUT2D eigenvalue weighted by molar-refractivity contribution is 7.98. The Labute approximate surface area is 236 Å². The average molecular weight is 584 g/mol. The van der Waals surface area contributed by atoms with Crippen molar-refractivity contribution in [3.63, 3.8) is 0 Å². The van der Waals surface area contributed by atoms with Crippen LogP contribution in [0, 0.1) is 5.41 Å². The van der Waals surface area contributed by atoms with Crippen molar-refractivity contribution in [2.45, 2.75) is 64.2 Å². The molecule has 0 bridgehead atoms. The van der Waals surface area contributed by atoms with Gasteiger partial charge in [0.2, 0.25) is 0 Å². The summed E-state index contributed by atoms with van der Waals surface area (Å²) in [6.07, 6.45) is -3.83. The SMILES string of the molecule is CCCNC(=O)NCc1cccc(N)c1SNC(=O)NC(C)(COC(=O)C(C)(C)C)c1cccc(C(F)(F)F)c1. The van der Waals surface area contributed by atoms with Crippen molar-refractivity contribution in [2.75, 3.05) is 18.9 Å². The number of nitrogens with one attached hydrogen (secondary N) is 4. The molecule has 1 atom stereocenters. The molecule has 6 N–H and O–H groups in total. The first-order valence-electron chi connectivity index (χ1n) is 12.6. The molecule has 2 aromatic carbocycles. The van der Waals surface area contributed by atoms with Crippen LogP contribution in [-0.4, -0.2) is 31.2 Å². The number of carbonyl (C=O) groups is 3. The van der Waals surface area contributed by atoms with E-state index in [2.05, 4.69) is 20.7 Å². The highest BCUT2D eigenvalue weighted by Gasteiger charge is 2.36. The lowest BCUT2D eigenvalue weighted by atomic mass is 9.91. The molecule has 0 radical (unpaired) electrons. The summed E-state index contributed by atoms with van der Waals surface area (Å²) in [4.78, 5) is 37.9. The highest BCUT2D eigenvalue weighted by atomic mass is 32.2. The summed E-state index contributed by atoms with van der Waals surface area (Å²) >= 11 is 0.877. The number of esters is 1. The summed E-state index contributed by atoms with van der Waals surface area (Å²) in [6, 6.07) is 8.39. The summed E-state index contributed by atoms with van der Waals surface area (Å²) in [5.41, 5.74) is 3.88. The zero-order chi connectivity index (χ0) is 30.1. The van der Waals surface area contributed by atoms with Crippen molar-refractivity contribution < 1.29 is 32.3 Å². The Bertz CT molecular complexity index is 1200. The van der Waals surface area contributed by atoms with Crippen LogP contribution in [0.25, 0.3) is 0 Å². The van der Waals surface area contributed by atoms with E-state index in [1.54, 1.807) is 39.0 Å². The molecule has 4 amide bonds. The van der Waals surface area contributed by atoms with E-state index in [4.69, 9.17) is 10.5 Å². The van der Waals surface area contributed by atoms with E-state index < -0.39 is 41.3 Å². The van der Waals surface area contributed by atoms with Gasteiger partial charge >= 0.3 is 24.2 Å². The number of halogens is 3. The number of alkyl halides is 3. The third-order valence-electron chi connectivity index (χ3n) is 5.67. The molecule has 0 aliphatic carbocycles. The minimum absolute atomic E-state index is 0.0892. The number of benzene rings is 2. The van der Waals surface area contributed by atoms with Crippen molar-refractivity contribution in [3.8, 4) is 0 Å². The molecular formula is C27H36F3N5O4S. The summed E-state index contributed by atoms with van der Waals surface area (Å²) in [6.45, 7) is 8.53. The second kappa shape index (κ2) is 13.6. The van der Waals surface area contributed by atoms with Crippen LogP contribution in [0.15, 0.2) is 47.4 Å². The Morgan fingerprint density at radius 1 is 0.950 bits per heavy atom. The predicted octanol–water partition coefficient (Wildman–Crippen LogP) is 5.31. The van der Waals surface area contributed by atoms with Gasteiger partial charge in [0.25, 0.3) is 0 Å². The number of hydrogen-bond donors (Lipinski definition) is 5. The molecule has 220 valence electrons. The topological polar surface area (TPSA) is 135 Å². The average Bonchev–Trinajstić information content (AvgIpc) is 2.87. The first kappa shape index (κ1) is 32.6. The Morgan fingerprint density at radius 2 is 1.60 bits per heavy atom. The Balaban J connectivity index is 2.23. The van der Waals surface area contributed by atoms with E-state index >= 15 is 0 Å². The van der Waals surface area contributed by atoms with Crippen LogP contribution in [0.3, 0.4) is 0 Å². The van der Waals surface area contributed by atoms with Gasteiger partial charge in [0.1, 0.15) is 6.61 Å². The molecule has 0 heterocycles. The number of nitrogens with two attached hydrogens (primary N) is 1. The van der Waals surface area contributed by atoms with Crippen LogP contribution >= 0.6 is 11.9 Å². The molecule has 0 aliphatic heterocycles. The van der Waals surface area contributed by atoms with E-state index in [-0.39, 0.29) is 18.1 Å². The van der Waals surface area contributed by atoms with Crippen molar-refractivity contribution in [1.29, 1.82) is 0 Å². The fourth-order valence-electron chi connectivity index (χ4n) is 3.38. The lowest BCUT2D eigenvalue weighted by Crippen LogP contribution is -2.50. The van der Waals surface area contributed by atoms with Gasteiger partial charge in [0.05, 0.1) is 21.4 Å². The van der Waals surface area contributed by atoms with Gasteiger partial charge in [-0.1, -0.05) is 31.2 Å². The number of urea groups is 2. The normalized spacial score (nSPS) is 13.1. The summed E-state index contributed by atoms with van der Waals surface area (Å²) in [5.74, 6) is -0.584. The predicted molar refractivity (Wildman–Crippen MR) is 148 cm³/mol. The van der Waals surface area contributed by atoms with Gasteiger partial charge < -0.3 is 26.4 Å². The second-order valence-electron chi connectivity index (χ2n) is 10.3. The van der Waals surface area contributed by atoms with Gasteiger partial charge in [-0.2, -0.15) is 13.2 Å². The molecule has 1 unspecified atom stereocenters. The molecule has 2 aromatic rings. The van der Waals surface area contributed by atoms with Crippen LogP contribution in [-0.2, 0) is 27.8 Å². The summed E-state index contributed by atoms with van der Waals surface area (Å²) in [5, 5.41) is 8.06. The van der Waals surface area contributed by atoms with Gasteiger partial charge in [-0.15, -0.1) is 0 Å². The lowest BCUT2D eigenvalue weighted by molar-refractivity contribution is -0.155. The van der Waals surface area contributed by atoms with E-state index in [9.17, 15) is 27.6 Å². The van der Waals surface area contributed by atoms with Gasteiger partial charge in [0, 0.05) is 18.8 Å². The van der Waals surface area contributed by atoms with Crippen LogP contribution < -0.4 is 26.4 Å². The van der Waals surface area contributed by atoms with Crippen molar-refractivity contribution in [1.82, 2.24) is 20.7 Å². The third-order valence-corrected chi connectivity index (χ3v) is 6.66. The van der Waals surface area contributed by atoms with Gasteiger partial charge in [-0.05, 0) is 75.4 Å². The minimum atomic E-state index is -4.61. The van der Waals surface area contributed by atoms with Crippen molar-refractivity contribution in [3.05, 3.63) is 59.2 Å². The van der Waals surface area contributed by atoms with Crippen LogP contribution in [0.1, 0.15) is 57.7 Å². The van der Waals surface area contributed by atoms with Crippen molar-refractivity contribution in [2.24, 2.45) is 5.41 Å². The molecule has 2 rings (SSSR count). The smallest absolute Gasteiger partial charge is 0.416 e. The number of rotatable bonds is 10. The standard InChI is InChI=1S/C27H36F3N5O4S/c1-6-13-32-23(37)33-15-17-9-7-12-20(31)21(17)40-35-24(38)34-26(5,16-39-22(36)25(2,3)4)18-10-8-11-19(14-18)27(28,29)30/h7-12,14H,6,13,15-16,31H2,1-5H3,(H2,32,33,37)(H2,34,35,38). The number of ether oxygens (including phenoxy) is 1. The summed E-state index contributed by atoms with van der Waals surface area (Å²) < 4.78 is 48.2. The third kappa shape index (κ3) is 9.54. The Hall–Kier alpha value is -3.61. The van der Waals surface area contributed by atoms with Crippen LogP contribution in [0.5, 0.6) is 0 Å². The molecule has 0 fully saturated rings. The summed E-state index contributed by atoms with van der Waals surface area (Å²) in [7, 11) is 0. The van der Waals surface area contributed by atoms with Gasteiger partial charge in [0.15, 0.2) is 0 Å². The quantitative estimate of drug-likeness (QED) is 0.146. The first-order chi connectivity index (χ1) is 18.6. The zero-order valence-corrected chi connectivity index (χ0v) is 23.9. The molecule has 0 saturated carbocycles. The fraction of sp³-hybridized carbons (Fsp3) is 0.444. The lowest BCUT2D eigenvalue weighted by Gasteiger charge is -2.32. The number of anilines is 1. The number of nitrogen functional groups attached to an aromatic ring is 1. The second-order valence-corrected chi connectivity index (χ2v) is 11.2. The highest BCUT2D eigenvalue weighted by Crippen LogP contribution is 2.33. The molecular weight excluding hydrogens is 547 g/mol. The molecule has 13 heteroatoms. The molecule has 9 nitrogen and oxygen atoms in total. The van der Waals surface area contributed by atoms with Gasteiger partial charge in [-0.25, -0.2) is 9.59 Å².